The number of nitrogens with zero attached hydrogens (tertiary/aromatic N) is 2. The van der Waals surface area contributed by atoms with Crippen LogP contribution in [-0.2, 0) is 4.79 Å². The van der Waals surface area contributed by atoms with Gasteiger partial charge in [-0.1, -0.05) is 6.42 Å². The molecule has 1 atom stereocenters. The summed E-state index contributed by atoms with van der Waals surface area (Å²) >= 11 is 0. The highest BCUT2D eigenvalue weighted by Crippen LogP contribution is 2.29. The number of carbonyl (C=O) groups is 1. The van der Waals surface area contributed by atoms with Crippen LogP contribution < -0.4 is 5.32 Å². The number of piperazine rings is 1. The monoisotopic (exact) mass is 279 g/mol. The molecule has 1 unspecified atom stereocenters. The molecule has 3 fully saturated rings. The summed E-state index contributed by atoms with van der Waals surface area (Å²) in [5.74, 6) is 1.35. The topological polar surface area (TPSA) is 35.6 Å². The van der Waals surface area contributed by atoms with Crippen molar-refractivity contribution in [3.05, 3.63) is 0 Å². The van der Waals surface area contributed by atoms with Crippen molar-refractivity contribution in [1.29, 1.82) is 0 Å². The molecule has 1 N–H and O–H groups in total. The normalized spacial score (nSPS) is 28.6. The molecule has 1 aliphatic carbocycles. The van der Waals surface area contributed by atoms with Gasteiger partial charge in [-0.25, -0.2) is 0 Å². The molecule has 2 aliphatic heterocycles. The Balaban J connectivity index is 1.33. The summed E-state index contributed by atoms with van der Waals surface area (Å²) < 4.78 is 0. The fraction of sp³-hybridized carbons (Fsp3) is 0.938. The first-order chi connectivity index (χ1) is 9.81. The van der Waals surface area contributed by atoms with Crippen LogP contribution in [0.2, 0.25) is 0 Å². The second-order valence-electron chi connectivity index (χ2n) is 6.81. The molecule has 2 heterocycles. The average Bonchev–Trinajstić information content (AvgIpc) is 3.31. The molecule has 0 radical (unpaired) electrons. The van der Waals surface area contributed by atoms with Crippen molar-refractivity contribution >= 4 is 5.91 Å². The molecule has 4 nitrogen and oxygen atoms in total. The minimum absolute atomic E-state index is 0.378. The van der Waals surface area contributed by atoms with E-state index in [1.807, 2.05) is 0 Å². The third-order valence-electron chi connectivity index (χ3n) is 5.06. The Morgan fingerprint density at radius 1 is 1.05 bits per heavy atom. The van der Waals surface area contributed by atoms with Crippen LogP contribution in [0.1, 0.15) is 44.9 Å². The predicted octanol–water partition coefficient (Wildman–Crippen LogP) is 1.46. The molecular formula is C16H29N3O. The Bertz CT molecular complexity index is 316. The van der Waals surface area contributed by atoms with Crippen molar-refractivity contribution < 1.29 is 4.79 Å². The number of amides is 1. The Labute approximate surface area is 122 Å². The summed E-state index contributed by atoms with van der Waals surface area (Å²) in [5.41, 5.74) is 0. The zero-order chi connectivity index (χ0) is 13.8. The SMILES string of the molecule is O=C(CCC1CCCCN1)N1CCN(CC2CC2)CC1. The van der Waals surface area contributed by atoms with Crippen LogP contribution in [0.5, 0.6) is 0 Å². The Morgan fingerprint density at radius 2 is 1.85 bits per heavy atom. The molecule has 4 heteroatoms. The second-order valence-corrected chi connectivity index (χ2v) is 6.81. The van der Waals surface area contributed by atoms with Crippen molar-refractivity contribution in [2.45, 2.75) is 51.0 Å². The fourth-order valence-corrected chi connectivity index (χ4v) is 3.47. The third-order valence-corrected chi connectivity index (χ3v) is 5.06. The first kappa shape index (κ1) is 14.3. The number of nitrogens with one attached hydrogen (secondary N) is 1. The van der Waals surface area contributed by atoms with Gasteiger partial charge in [0.1, 0.15) is 0 Å². The van der Waals surface area contributed by atoms with Crippen LogP contribution in [-0.4, -0.2) is 61.0 Å². The highest BCUT2D eigenvalue weighted by molar-refractivity contribution is 5.76. The number of carbonyl (C=O) groups excluding carboxylic acids is 1. The lowest BCUT2D eigenvalue weighted by molar-refractivity contribution is -0.133. The van der Waals surface area contributed by atoms with Crippen LogP contribution in [0.15, 0.2) is 0 Å². The standard InChI is InChI=1S/C16H29N3O/c20-16(7-6-15-3-1-2-8-17-15)19-11-9-18(10-12-19)13-14-4-5-14/h14-15,17H,1-13H2. The summed E-state index contributed by atoms with van der Waals surface area (Å²) in [6, 6.07) is 0.587. The summed E-state index contributed by atoms with van der Waals surface area (Å²) in [7, 11) is 0. The molecule has 1 saturated carbocycles. The minimum Gasteiger partial charge on any atom is -0.340 e. The summed E-state index contributed by atoms with van der Waals surface area (Å²) in [6.07, 6.45) is 8.49. The lowest BCUT2D eigenvalue weighted by Crippen LogP contribution is -2.49. The molecule has 114 valence electrons. The van der Waals surface area contributed by atoms with Crippen molar-refractivity contribution in [2.75, 3.05) is 39.3 Å². The number of rotatable bonds is 5. The van der Waals surface area contributed by atoms with Gasteiger partial charge in [-0.15, -0.1) is 0 Å². The molecule has 1 amide bonds. The molecule has 3 rings (SSSR count). The maximum atomic E-state index is 12.3. The molecule has 3 aliphatic rings. The number of hydrogen-bond donors (Lipinski definition) is 1. The molecule has 2 saturated heterocycles. The minimum atomic E-state index is 0.378. The van der Waals surface area contributed by atoms with Gasteiger partial charge in [0.2, 0.25) is 5.91 Å². The lowest BCUT2D eigenvalue weighted by Gasteiger charge is -2.35. The van der Waals surface area contributed by atoms with Crippen molar-refractivity contribution in [3.63, 3.8) is 0 Å². The zero-order valence-electron chi connectivity index (χ0n) is 12.6. The van der Waals surface area contributed by atoms with Crippen LogP contribution in [0.3, 0.4) is 0 Å². The molecule has 0 aromatic heterocycles. The second kappa shape index (κ2) is 6.90. The largest absolute Gasteiger partial charge is 0.340 e. The van der Waals surface area contributed by atoms with Crippen LogP contribution in [0.25, 0.3) is 0 Å². The van der Waals surface area contributed by atoms with E-state index in [2.05, 4.69) is 15.1 Å². The Kier molecular flexibility index (Phi) is 4.94. The molecule has 0 bridgehead atoms. The van der Waals surface area contributed by atoms with Crippen LogP contribution in [0.4, 0.5) is 0 Å². The van der Waals surface area contributed by atoms with E-state index >= 15 is 0 Å². The summed E-state index contributed by atoms with van der Waals surface area (Å²) in [5, 5.41) is 3.53. The van der Waals surface area contributed by atoms with Gasteiger partial charge in [0.05, 0.1) is 0 Å². The average molecular weight is 279 g/mol. The van der Waals surface area contributed by atoms with E-state index in [-0.39, 0.29) is 0 Å². The first-order valence-corrected chi connectivity index (χ1v) is 8.55. The quantitative estimate of drug-likeness (QED) is 0.827. The van der Waals surface area contributed by atoms with Crippen molar-refractivity contribution in [3.8, 4) is 0 Å². The first-order valence-electron chi connectivity index (χ1n) is 8.55. The van der Waals surface area contributed by atoms with Crippen LogP contribution in [0, 0.1) is 5.92 Å². The Morgan fingerprint density at radius 3 is 2.50 bits per heavy atom. The summed E-state index contributed by atoms with van der Waals surface area (Å²) in [4.78, 5) is 16.9. The van der Waals surface area contributed by atoms with Gasteiger partial charge in [-0.05, 0) is 44.6 Å². The van der Waals surface area contributed by atoms with Crippen LogP contribution >= 0.6 is 0 Å². The molecule has 0 spiro atoms. The lowest BCUT2D eigenvalue weighted by atomic mass is 10.0. The van der Waals surface area contributed by atoms with E-state index in [4.69, 9.17) is 0 Å². The van der Waals surface area contributed by atoms with Gasteiger partial charge in [-0.2, -0.15) is 0 Å². The van der Waals surface area contributed by atoms with Gasteiger partial charge in [-0.3, -0.25) is 9.69 Å². The highest BCUT2D eigenvalue weighted by Gasteiger charge is 2.27. The van der Waals surface area contributed by atoms with E-state index in [0.717, 1.165) is 51.5 Å². The number of piperidine rings is 1. The fourth-order valence-electron chi connectivity index (χ4n) is 3.47. The molecule has 0 aromatic carbocycles. The third kappa shape index (κ3) is 4.19. The van der Waals surface area contributed by atoms with E-state index < -0.39 is 0 Å². The Hall–Kier alpha value is -0.610. The van der Waals surface area contributed by atoms with Gasteiger partial charge >= 0.3 is 0 Å². The van der Waals surface area contributed by atoms with Crippen molar-refractivity contribution in [2.24, 2.45) is 5.92 Å². The molecular weight excluding hydrogens is 250 g/mol. The smallest absolute Gasteiger partial charge is 0.222 e. The maximum Gasteiger partial charge on any atom is 0.222 e. The maximum absolute atomic E-state index is 12.3. The van der Waals surface area contributed by atoms with Gasteiger partial charge in [0.15, 0.2) is 0 Å². The van der Waals surface area contributed by atoms with E-state index in [1.54, 1.807) is 0 Å². The van der Waals surface area contributed by atoms with E-state index in [9.17, 15) is 4.79 Å². The zero-order valence-corrected chi connectivity index (χ0v) is 12.6. The molecule has 20 heavy (non-hydrogen) atoms. The van der Waals surface area contributed by atoms with Gasteiger partial charge in [0.25, 0.3) is 0 Å². The predicted molar refractivity (Wildman–Crippen MR) is 80.6 cm³/mol. The highest BCUT2D eigenvalue weighted by atomic mass is 16.2. The summed E-state index contributed by atoms with van der Waals surface area (Å²) in [6.45, 7) is 6.48. The molecule has 0 aromatic rings. The number of hydrogen-bond acceptors (Lipinski definition) is 3. The van der Waals surface area contributed by atoms with Crippen molar-refractivity contribution in [1.82, 2.24) is 15.1 Å². The van der Waals surface area contributed by atoms with E-state index in [0.29, 0.717) is 11.9 Å². The van der Waals surface area contributed by atoms with E-state index in [1.165, 1.54) is 38.6 Å². The van der Waals surface area contributed by atoms with Gasteiger partial charge in [0, 0.05) is 45.2 Å². The van der Waals surface area contributed by atoms with Gasteiger partial charge < -0.3 is 10.2 Å².